The fourth-order valence-electron chi connectivity index (χ4n) is 2.72. The van der Waals surface area contributed by atoms with E-state index in [9.17, 15) is 13.2 Å². The van der Waals surface area contributed by atoms with Crippen LogP contribution in [0.3, 0.4) is 0 Å². The number of urea groups is 1. The molecule has 0 saturated carbocycles. The van der Waals surface area contributed by atoms with Crippen molar-refractivity contribution < 1.29 is 13.2 Å². The number of nitrogens with one attached hydrogen (secondary N) is 1. The zero-order valence-corrected chi connectivity index (χ0v) is 14.2. The maximum atomic E-state index is 12.3. The standard InChI is InChI=1S/C16H24N2O3S/c1-12(2)18(8-9-22(3,20)21)16(19)17-11-14-10-13-6-4-5-7-15(13)14/h4-7,12,14H,8-11H2,1-3H3,(H,17,19)/t14-/m0/s1. The van der Waals surface area contributed by atoms with Gasteiger partial charge in [-0.25, -0.2) is 13.2 Å². The number of carbonyl (C=O) groups excluding carboxylic acids is 1. The number of amides is 2. The van der Waals surface area contributed by atoms with Crippen molar-refractivity contribution in [3.8, 4) is 0 Å². The molecule has 1 aromatic carbocycles. The van der Waals surface area contributed by atoms with Crippen LogP contribution >= 0.6 is 0 Å². The molecule has 2 rings (SSSR count). The number of sulfone groups is 1. The van der Waals surface area contributed by atoms with Crippen molar-refractivity contribution in [3.63, 3.8) is 0 Å². The van der Waals surface area contributed by atoms with Crippen molar-refractivity contribution in [2.45, 2.75) is 32.2 Å². The van der Waals surface area contributed by atoms with Crippen LogP contribution in [-0.2, 0) is 16.3 Å². The molecule has 0 bridgehead atoms. The second kappa shape index (κ2) is 6.69. The van der Waals surface area contributed by atoms with Gasteiger partial charge in [0.15, 0.2) is 0 Å². The largest absolute Gasteiger partial charge is 0.337 e. The van der Waals surface area contributed by atoms with E-state index in [-0.39, 0.29) is 24.4 Å². The van der Waals surface area contributed by atoms with Gasteiger partial charge in [0.05, 0.1) is 5.75 Å². The smallest absolute Gasteiger partial charge is 0.317 e. The van der Waals surface area contributed by atoms with Crippen molar-refractivity contribution in [1.82, 2.24) is 10.2 Å². The SMILES string of the molecule is CC(C)N(CCS(C)(=O)=O)C(=O)NC[C@@H]1Cc2ccccc21. The van der Waals surface area contributed by atoms with Gasteiger partial charge < -0.3 is 10.2 Å². The Bertz CT molecular complexity index is 641. The Morgan fingerprint density at radius 1 is 1.36 bits per heavy atom. The third kappa shape index (κ3) is 4.22. The summed E-state index contributed by atoms with van der Waals surface area (Å²) in [6.07, 6.45) is 2.18. The van der Waals surface area contributed by atoms with Gasteiger partial charge in [0.2, 0.25) is 0 Å². The zero-order valence-electron chi connectivity index (χ0n) is 13.4. The molecule has 0 radical (unpaired) electrons. The average Bonchev–Trinajstić information content (AvgIpc) is 2.38. The van der Waals surface area contributed by atoms with Gasteiger partial charge >= 0.3 is 6.03 Å². The molecule has 5 nitrogen and oxygen atoms in total. The fourth-order valence-corrected chi connectivity index (χ4v) is 3.24. The van der Waals surface area contributed by atoms with E-state index in [1.54, 1.807) is 4.90 Å². The van der Waals surface area contributed by atoms with Gasteiger partial charge in [-0.05, 0) is 31.4 Å². The predicted molar refractivity (Wildman–Crippen MR) is 87.8 cm³/mol. The first-order valence-electron chi connectivity index (χ1n) is 7.58. The van der Waals surface area contributed by atoms with E-state index < -0.39 is 9.84 Å². The molecule has 0 saturated heterocycles. The van der Waals surface area contributed by atoms with E-state index in [1.807, 2.05) is 26.0 Å². The summed E-state index contributed by atoms with van der Waals surface area (Å²) in [5.41, 5.74) is 2.65. The molecule has 22 heavy (non-hydrogen) atoms. The maximum Gasteiger partial charge on any atom is 0.317 e. The topological polar surface area (TPSA) is 66.5 Å². The molecule has 2 amide bonds. The lowest BCUT2D eigenvalue weighted by Gasteiger charge is -2.32. The molecule has 6 heteroatoms. The van der Waals surface area contributed by atoms with Crippen LogP contribution in [0, 0.1) is 0 Å². The molecule has 0 spiro atoms. The highest BCUT2D eigenvalue weighted by molar-refractivity contribution is 7.90. The zero-order chi connectivity index (χ0) is 16.3. The summed E-state index contributed by atoms with van der Waals surface area (Å²) in [6.45, 7) is 4.60. The summed E-state index contributed by atoms with van der Waals surface area (Å²) in [5.74, 6) is 0.356. The number of nitrogens with zero attached hydrogens (tertiary/aromatic N) is 1. The average molecular weight is 324 g/mol. The molecule has 0 heterocycles. The summed E-state index contributed by atoms with van der Waals surface area (Å²) in [5, 5.41) is 2.94. The van der Waals surface area contributed by atoms with Crippen LogP contribution in [0.4, 0.5) is 4.79 Å². The van der Waals surface area contributed by atoms with Crippen molar-refractivity contribution >= 4 is 15.9 Å². The van der Waals surface area contributed by atoms with Crippen LogP contribution in [0.2, 0.25) is 0 Å². The molecule has 0 fully saturated rings. The summed E-state index contributed by atoms with van der Waals surface area (Å²) in [7, 11) is -3.07. The second-order valence-electron chi connectivity index (χ2n) is 6.20. The summed E-state index contributed by atoms with van der Waals surface area (Å²) in [4.78, 5) is 13.9. The summed E-state index contributed by atoms with van der Waals surface area (Å²) >= 11 is 0. The molecule has 0 unspecified atom stereocenters. The lowest BCUT2D eigenvalue weighted by atomic mass is 9.78. The van der Waals surface area contributed by atoms with E-state index in [0.717, 1.165) is 6.42 Å². The molecule has 1 aliphatic rings. The third-order valence-corrected chi connectivity index (χ3v) is 4.97. The van der Waals surface area contributed by atoms with E-state index in [4.69, 9.17) is 0 Å². The first kappa shape index (κ1) is 16.8. The number of carbonyl (C=O) groups is 1. The lowest BCUT2D eigenvalue weighted by molar-refractivity contribution is 0.186. The highest BCUT2D eigenvalue weighted by Gasteiger charge is 2.26. The number of benzene rings is 1. The van der Waals surface area contributed by atoms with Crippen LogP contribution in [0.1, 0.15) is 30.9 Å². The van der Waals surface area contributed by atoms with E-state index in [0.29, 0.717) is 12.5 Å². The molecular weight excluding hydrogens is 300 g/mol. The van der Waals surface area contributed by atoms with Crippen molar-refractivity contribution in [2.24, 2.45) is 0 Å². The first-order valence-corrected chi connectivity index (χ1v) is 9.64. The van der Waals surface area contributed by atoms with Crippen molar-refractivity contribution in [1.29, 1.82) is 0 Å². The number of rotatable bonds is 6. The molecule has 1 atom stereocenters. The molecule has 0 aliphatic heterocycles. The minimum Gasteiger partial charge on any atom is -0.337 e. The van der Waals surface area contributed by atoms with Gasteiger partial charge in [-0.15, -0.1) is 0 Å². The highest BCUT2D eigenvalue weighted by Crippen LogP contribution is 2.33. The monoisotopic (exact) mass is 324 g/mol. The Morgan fingerprint density at radius 2 is 2.05 bits per heavy atom. The van der Waals surface area contributed by atoms with Gasteiger partial charge in [0.25, 0.3) is 0 Å². The van der Waals surface area contributed by atoms with Crippen molar-refractivity contribution in [2.75, 3.05) is 25.1 Å². The Hall–Kier alpha value is -1.56. The Morgan fingerprint density at radius 3 is 2.64 bits per heavy atom. The summed E-state index contributed by atoms with van der Waals surface area (Å²) in [6, 6.07) is 8.02. The Labute approximate surface area is 132 Å². The third-order valence-electron chi connectivity index (χ3n) is 4.05. The molecule has 1 aromatic rings. The molecule has 1 aliphatic carbocycles. The second-order valence-corrected chi connectivity index (χ2v) is 8.46. The van der Waals surface area contributed by atoms with Crippen LogP contribution in [0.5, 0.6) is 0 Å². The quantitative estimate of drug-likeness (QED) is 0.867. The normalized spacial score (nSPS) is 16.8. The number of fused-ring (bicyclic) bond motifs is 1. The highest BCUT2D eigenvalue weighted by atomic mass is 32.2. The fraction of sp³-hybridized carbons (Fsp3) is 0.562. The lowest BCUT2D eigenvalue weighted by Crippen LogP contribution is -2.47. The predicted octanol–water partition coefficient (Wildman–Crippen LogP) is 1.79. The minimum atomic E-state index is -3.07. The van der Waals surface area contributed by atoms with Crippen LogP contribution in [-0.4, -0.2) is 50.5 Å². The Kier molecular flexibility index (Phi) is 5.11. The molecular formula is C16H24N2O3S. The number of hydrogen-bond donors (Lipinski definition) is 1. The van der Waals surface area contributed by atoms with Gasteiger partial charge in [-0.2, -0.15) is 0 Å². The van der Waals surface area contributed by atoms with Gasteiger partial charge in [-0.1, -0.05) is 24.3 Å². The molecule has 122 valence electrons. The van der Waals surface area contributed by atoms with E-state index >= 15 is 0 Å². The number of hydrogen-bond acceptors (Lipinski definition) is 3. The van der Waals surface area contributed by atoms with Crippen LogP contribution in [0.15, 0.2) is 24.3 Å². The first-order chi connectivity index (χ1) is 10.3. The summed E-state index contributed by atoms with van der Waals surface area (Å²) < 4.78 is 22.6. The Balaban J connectivity index is 1.87. The van der Waals surface area contributed by atoms with Gasteiger partial charge in [0, 0.05) is 31.3 Å². The maximum absolute atomic E-state index is 12.3. The molecule has 1 N–H and O–H groups in total. The van der Waals surface area contributed by atoms with E-state index in [2.05, 4.69) is 17.4 Å². The minimum absolute atomic E-state index is 0.00907. The van der Waals surface area contributed by atoms with Gasteiger partial charge in [-0.3, -0.25) is 0 Å². The van der Waals surface area contributed by atoms with Crippen LogP contribution < -0.4 is 5.32 Å². The molecule has 0 aromatic heterocycles. The van der Waals surface area contributed by atoms with Gasteiger partial charge in [0.1, 0.15) is 9.84 Å². The van der Waals surface area contributed by atoms with Crippen molar-refractivity contribution in [3.05, 3.63) is 35.4 Å². The van der Waals surface area contributed by atoms with Crippen LogP contribution in [0.25, 0.3) is 0 Å². The van der Waals surface area contributed by atoms with E-state index in [1.165, 1.54) is 17.4 Å².